The van der Waals surface area contributed by atoms with Crippen molar-refractivity contribution in [1.29, 1.82) is 0 Å². The van der Waals surface area contributed by atoms with E-state index in [1.165, 1.54) is 23.8 Å². The van der Waals surface area contributed by atoms with E-state index < -0.39 is 17.1 Å². The molecule has 6 rings (SSSR count). The Morgan fingerprint density at radius 3 is 2.46 bits per heavy atom. The van der Waals surface area contributed by atoms with Crippen LogP contribution in [0.15, 0.2) is 52.3 Å². The molecule has 2 saturated heterocycles. The second-order valence-corrected chi connectivity index (χ2v) is 11.8. The Balaban J connectivity index is 1.32. The van der Waals surface area contributed by atoms with Gasteiger partial charge in [-0.05, 0) is 42.0 Å². The van der Waals surface area contributed by atoms with Crippen LogP contribution in [0.2, 0.25) is 0 Å². The summed E-state index contributed by atoms with van der Waals surface area (Å²) in [5, 5.41) is -0.139. The number of hydrogen-bond donors (Lipinski definition) is 1. The van der Waals surface area contributed by atoms with Crippen molar-refractivity contribution in [1.82, 2.24) is 9.88 Å². The fourth-order valence-electron chi connectivity index (χ4n) is 5.40. The number of anilines is 1. The van der Waals surface area contributed by atoms with Gasteiger partial charge >= 0.3 is 4.87 Å². The number of carbonyl (C=O) groups is 3. The van der Waals surface area contributed by atoms with Gasteiger partial charge in [0.25, 0.3) is 5.91 Å². The van der Waals surface area contributed by atoms with Crippen molar-refractivity contribution in [2.24, 2.45) is 5.92 Å². The second-order valence-electron chi connectivity index (χ2n) is 9.65. The highest BCUT2D eigenvalue weighted by atomic mass is 32.2. The van der Waals surface area contributed by atoms with Crippen LogP contribution in [0.5, 0.6) is 17.2 Å². The first-order valence-electron chi connectivity index (χ1n) is 13.0. The van der Waals surface area contributed by atoms with Crippen LogP contribution in [0.25, 0.3) is 0 Å². The lowest BCUT2D eigenvalue weighted by Crippen LogP contribution is -2.43. The van der Waals surface area contributed by atoms with E-state index in [9.17, 15) is 19.2 Å². The minimum absolute atomic E-state index is 0.151. The largest absolute Gasteiger partial charge is 0.497 e. The average Bonchev–Trinajstić information content (AvgIpc) is 3.50. The van der Waals surface area contributed by atoms with Crippen LogP contribution in [0.1, 0.15) is 16.4 Å². The number of methoxy groups -OCH3 is 2. The summed E-state index contributed by atoms with van der Waals surface area (Å²) in [5.74, 6) is -0.793. The Kier molecular flexibility index (Phi) is 7.49. The number of fused-ring (bicyclic) bond motifs is 2. The van der Waals surface area contributed by atoms with Crippen LogP contribution in [0.4, 0.5) is 5.69 Å². The topological polar surface area (TPSA) is 127 Å². The smallest absolute Gasteiger partial charge is 0.305 e. The Labute approximate surface area is 243 Å². The van der Waals surface area contributed by atoms with Crippen molar-refractivity contribution in [2.75, 3.05) is 52.0 Å². The van der Waals surface area contributed by atoms with Crippen LogP contribution in [-0.4, -0.2) is 80.0 Å². The van der Waals surface area contributed by atoms with Crippen molar-refractivity contribution in [3.8, 4) is 17.2 Å². The standard InChI is InChI=1S/C28H27N3O8S2/c1-36-17-6-4-16(5-7-17)31-26(33)22-21(23-25(29-28(35)41-23)40-24(22)27(31)34)15-3-8-18(19(13-15)37-2)39-14-20(32)30-9-11-38-12-10-30/h3-8,13,21-22,24H,9-12,14H2,1-2H3,(H,29,35). The zero-order valence-electron chi connectivity index (χ0n) is 22.3. The van der Waals surface area contributed by atoms with Crippen molar-refractivity contribution in [3.05, 3.63) is 62.6 Å². The number of H-pyrrole nitrogens is 1. The molecule has 0 aliphatic carbocycles. The zero-order valence-corrected chi connectivity index (χ0v) is 23.9. The summed E-state index contributed by atoms with van der Waals surface area (Å²) in [6, 6.07) is 12.0. The molecule has 13 heteroatoms. The molecule has 4 heterocycles. The van der Waals surface area contributed by atoms with Gasteiger partial charge in [0.2, 0.25) is 11.8 Å². The van der Waals surface area contributed by atoms with E-state index in [1.807, 2.05) is 0 Å². The number of aromatic amines is 1. The van der Waals surface area contributed by atoms with Gasteiger partial charge in [-0.2, -0.15) is 0 Å². The van der Waals surface area contributed by atoms with Crippen LogP contribution in [0, 0.1) is 5.92 Å². The molecule has 41 heavy (non-hydrogen) atoms. The number of ether oxygens (including phenoxy) is 4. The minimum Gasteiger partial charge on any atom is -0.497 e. The summed E-state index contributed by atoms with van der Waals surface area (Å²) < 4.78 is 21.9. The quantitative estimate of drug-likeness (QED) is 0.409. The molecule has 2 fully saturated rings. The third kappa shape index (κ3) is 4.98. The minimum atomic E-state index is -0.743. The molecule has 3 aliphatic rings. The summed E-state index contributed by atoms with van der Waals surface area (Å²) in [5.41, 5.74) is 1.15. The lowest BCUT2D eigenvalue weighted by atomic mass is 9.83. The molecule has 1 N–H and O–H groups in total. The maximum absolute atomic E-state index is 13.9. The zero-order chi connectivity index (χ0) is 28.7. The molecular formula is C28H27N3O8S2. The molecule has 3 amide bonds. The first kappa shape index (κ1) is 27.4. The van der Waals surface area contributed by atoms with E-state index in [2.05, 4.69) is 4.98 Å². The van der Waals surface area contributed by atoms with Crippen LogP contribution < -0.4 is 24.0 Å². The molecule has 2 aromatic carbocycles. The highest BCUT2D eigenvalue weighted by Crippen LogP contribution is 2.53. The number of thioether (sulfide) groups is 1. The van der Waals surface area contributed by atoms with Gasteiger partial charge in [0.15, 0.2) is 18.1 Å². The lowest BCUT2D eigenvalue weighted by molar-refractivity contribution is -0.137. The molecule has 11 nitrogen and oxygen atoms in total. The highest BCUT2D eigenvalue weighted by Gasteiger charge is 2.56. The lowest BCUT2D eigenvalue weighted by Gasteiger charge is -2.30. The number of aromatic nitrogens is 1. The summed E-state index contributed by atoms with van der Waals surface area (Å²) in [7, 11) is 3.04. The van der Waals surface area contributed by atoms with Crippen molar-refractivity contribution in [2.45, 2.75) is 16.2 Å². The second kappa shape index (κ2) is 11.2. The normalized spacial score (nSPS) is 21.9. The van der Waals surface area contributed by atoms with Gasteiger partial charge in [-0.25, -0.2) is 4.90 Å². The van der Waals surface area contributed by atoms with E-state index in [0.29, 0.717) is 64.7 Å². The number of benzene rings is 2. The first-order valence-corrected chi connectivity index (χ1v) is 14.7. The summed E-state index contributed by atoms with van der Waals surface area (Å²) >= 11 is 2.25. The summed E-state index contributed by atoms with van der Waals surface area (Å²) in [6.45, 7) is 1.87. The molecule has 3 aliphatic heterocycles. The number of rotatable bonds is 7. The van der Waals surface area contributed by atoms with Gasteiger partial charge in [0.1, 0.15) is 11.0 Å². The van der Waals surface area contributed by atoms with E-state index in [0.717, 1.165) is 11.3 Å². The number of carbonyl (C=O) groups excluding carboxylic acids is 3. The van der Waals surface area contributed by atoms with E-state index in [4.69, 9.17) is 18.9 Å². The number of morpholine rings is 1. The molecule has 3 aromatic rings. The SMILES string of the molecule is COc1ccc(N2C(=O)C3Sc4[nH]c(=O)sc4C(c4ccc(OCC(=O)N5CCOCC5)c(OC)c4)C3C2=O)cc1. The van der Waals surface area contributed by atoms with E-state index in [-0.39, 0.29) is 29.2 Å². The van der Waals surface area contributed by atoms with Crippen LogP contribution in [-0.2, 0) is 19.1 Å². The van der Waals surface area contributed by atoms with Gasteiger partial charge in [-0.15, -0.1) is 0 Å². The maximum Gasteiger partial charge on any atom is 0.305 e. The first-order chi connectivity index (χ1) is 19.9. The van der Waals surface area contributed by atoms with E-state index in [1.54, 1.807) is 54.5 Å². The number of imide groups is 1. The fourth-order valence-corrected chi connectivity index (χ4v) is 7.92. The molecule has 0 bridgehead atoms. The molecule has 0 saturated carbocycles. The molecule has 3 atom stereocenters. The number of amides is 3. The van der Waals surface area contributed by atoms with Gasteiger partial charge < -0.3 is 28.8 Å². The molecular weight excluding hydrogens is 570 g/mol. The van der Waals surface area contributed by atoms with Gasteiger partial charge in [-0.3, -0.25) is 19.2 Å². The molecule has 1 aromatic heterocycles. The van der Waals surface area contributed by atoms with Gasteiger partial charge in [-0.1, -0.05) is 29.2 Å². The molecule has 3 unspecified atom stereocenters. The Morgan fingerprint density at radius 2 is 1.76 bits per heavy atom. The number of thiazole rings is 1. The fraction of sp³-hybridized carbons (Fsp3) is 0.357. The molecule has 0 spiro atoms. The third-order valence-electron chi connectivity index (χ3n) is 7.42. The van der Waals surface area contributed by atoms with Gasteiger partial charge in [0, 0.05) is 23.9 Å². The van der Waals surface area contributed by atoms with Crippen molar-refractivity contribution in [3.63, 3.8) is 0 Å². The predicted molar refractivity (Wildman–Crippen MR) is 151 cm³/mol. The van der Waals surface area contributed by atoms with Crippen LogP contribution in [0.3, 0.4) is 0 Å². The number of nitrogens with zero attached hydrogens (tertiary/aromatic N) is 2. The maximum atomic E-state index is 13.9. The molecule has 0 radical (unpaired) electrons. The summed E-state index contributed by atoms with van der Waals surface area (Å²) in [4.78, 5) is 58.7. The number of hydrogen-bond acceptors (Lipinski definition) is 10. The average molecular weight is 598 g/mol. The van der Waals surface area contributed by atoms with E-state index >= 15 is 0 Å². The third-order valence-corrected chi connectivity index (χ3v) is 9.82. The number of nitrogens with one attached hydrogen (secondary N) is 1. The highest BCUT2D eigenvalue weighted by molar-refractivity contribution is 8.00. The molecule has 214 valence electrons. The summed E-state index contributed by atoms with van der Waals surface area (Å²) in [6.07, 6.45) is 0. The van der Waals surface area contributed by atoms with Crippen molar-refractivity contribution >= 4 is 46.5 Å². The monoisotopic (exact) mass is 597 g/mol. The predicted octanol–water partition coefficient (Wildman–Crippen LogP) is 2.49. The van der Waals surface area contributed by atoms with Gasteiger partial charge in [0.05, 0.1) is 44.1 Å². The Hall–Kier alpha value is -3.81. The van der Waals surface area contributed by atoms with Crippen molar-refractivity contribution < 1.29 is 33.3 Å². The van der Waals surface area contributed by atoms with Crippen LogP contribution >= 0.6 is 23.1 Å². The Morgan fingerprint density at radius 1 is 1.00 bits per heavy atom. The Bertz CT molecular complexity index is 1550.